The van der Waals surface area contributed by atoms with Crippen molar-refractivity contribution < 1.29 is 36.2 Å². The summed E-state index contributed by atoms with van der Waals surface area (Å²) in [6.45, 7) is 0. The monoisotopic (exact) mass is 358 g/mol. The summed E-state index contributed by atoms with van der Waals surface area (Å²) < 4.78 is 85.0. The maximum atomic E-state index is 14.1. The number of aliphatic hydroxyl groups is 1. The first-order chi connectivity index (χ1) is 10.6. The predicted molar refractivity (Wildman–Crippen MR) is 70.9 cm³/mol. The summed E-state index contributed by atoms with van der Waals surface area (Å²) in [5, 5.41) is 9.80. The molecule has 0 amide bonds. The van der Waals surface area contributed by atoms with Crippen molar-refractivity contribution in [1.29, 1.82) is 0 Å². The number of hydrogen-bond donors (Lipinski definition) is 1. The molecule has 3 rings (SSSR count). The topological polar surface area (TPSA) is 29.5 Å². The average molecular weight is 358 g/mol. The molecule has 23 heavy (non-hydrogen) atoms. The van der Waals surface area contributed by atoms with Crippen molar-refractivity contribution in [2.45, 2.75) is 47.7 Å². The fourth-order valence-corrected chi connectivity index (χ4v) is 3.47. The van der Waals surface area contributed by atoms with E-state index in [-0.39, 0.29) is 11.1 Å². The van der Waals surface area contributed by atoms with Crippen LogP contribution in [-0.2, 0) is 0 Å². The van der Waals surface area contributed by atoms with Crippen molar-refractivity contribution in [1.82, 2.24) is 0 Å². The van der Waals surface area contributed by atoms with E-state index in [0.717, 1.165) is 17.8 Å². The molecule has 0 saturated heterocycles. The second-order valence-electron chi connectivity index (χ2n) is 5.52. The summed E-state index contributed by atoms with van der Waals surface area (Å²) in [5.41, 5.74) is -0.465. The average Bonchev–Trinajstić information content (AvgIpc) is 2.72. The standard InChI is InChI=1S/C14H12F6O2S/c1-23-6-3-2-5(8-9(6)12(21)11(16)10(8)15)22-7-4-13(17,18)14(7,19)20/h2-3,7,10-12,21H,4H2,1H3. The molecule has 9 heteroatoms. The van der Waals surface area contributed by atoms with E-state index >= 15 is 0 Å². The Morgan fingerprint density at radius 3 is 2.35 bits per heavy atom. The number of thioether (sulfide) groups is 1. The van der Waals surface area contributed by atoms with E-state index in [9.17, 15) is 31.4 Å². The minimum Gasteiger partial charge on any atom is -0.483 e. The van der Waals surface area contributed by atoms with Crippen LogP contribution in [0.25, 0.3) is 0 Å². The van der Waals surface area contributed by atoms with Gasteiger partial charge in [-0.15, -0.1) is 11.8 Å². The van der Waals surface area contributed by atoms with Crippen molar-refractivity contribution >= 4 is 11.8 Å². The van der Waals surface area contributed by atoms with Gasteiger partial charge in [-0.3, -0.25) is 0 Å². The Labute approximate surface area is 131 Å². The fourth-order valence-electron chi connectivity index (χ4n) is 2.82. The molecule has 1 saturated carbocycles. The minimum absolute atomic E-state index is 0.0793. The van der Waals surface area contributed by atoms with E-state index in [4.69, 9.17) is 4.74 Å². The van der Waals surface area contributed by atoms with E-state index < -0.39 is 48.6 Å². The molecule has 1 aromatic rings. The lowest BCUT2D eigenvalue weighted by Crippen LogP contribution is -2.64. The van der Waals surface area contributed by atoms with Gasteiger partial charge >= 0.3 is 11.8 Å². The van der Waals surface area contributed by atoms with Gasteiger partial charge in [0.05, 0.1) is 6.42 Å². The zero-order valence-electron chi connectivity index (χ0n) is 11.7. The van der Waals surface area contributed by atoms with Gasteiger partial charge in [-0.1, -0.05) is 0 Å². The molecule has 4 unspecified atom stereocenters. The number of alkyl halides is 6. The molecule has 1 fully saturated rings. The molecular formula is C14H12F6O2S. The molecule has 4 atom stereocenters. The van der Waals surface area contributed by atoms with Gasteiger partial charge in [0.15, 0.2) is 18.4 Å². The van der Waals surface area contributed by atoms with Crippen molar-refractivity contribution in [3.8, 4) is 5.75 Å². The highest BCUT2D eigenvalue weighted by atomic mass is 32.2. The molecule has 0 aromatic heterocycles. The van der Waals surface area contributed by atoms with Gasteiger partial charge in [-0.25, -0.2) is 8.78 Å². The van der Waals surface area contributed by atoms with Crippen LogP contribution in [0, 0.1) is 0 Å². The van der Waals surface area contributed by atoms with E-state index in [1.54, 1.807) is 6.26 Å². The van der Waals surface area contributed by atoms with Gasteiger partial charge in [-0.2, -0.15) is 17.6 Å². The van der Waals surface area contributed by atoms with Crippen molar-refractivity contribution in [2.75, 3.05) is 6.26 Å². The Bertz CT molecular complexity index is 638. The fraction of sp³-hybridized carbons (Fsp3) is 0.571. The number of benzene rings is 1. The van der Waals surface area contributed by atoms with Gasteiger partial charge in [0.25, 0.3) is 0 Å². The SMILES string of the molecule is CSc1ccc(OC2CC(F)(F)C2(F)F)c2c1C(O)C(F)C2F. The first-order valence-corrected chi connectivity index (χ1v) is 7.93. The van der Waals surface area contributed by atoms with Crippen LogP contribution in [0.3, 0.4) is 0 Å². The zero-order chi connectivity index (χ0) is 17.2. The summed E-state index contributed by atoms with van der Waals surface area (Å²) in [6.07, 6.45) is -8.00. The molecule has 128 valence electrons. The van der Waals surface area contributed by atoms with Crippen LogP contribution < -0.4 is 4.74 Å². The quantitative estimate of drug-likeness (QED) is 0.648. The Hall–Kier alpha value is -1.09. The highest BCUT2D eigenvalue weighted by molar-refractivity contribution is 7.98. The van der Waals surface area contributed by atoms with Crippen LogP contribution in [0.2, 0.25) is 0 Å². The maximum absolute atomic E-state index is 14.1. The number of aliphatic hydroxyl groups excluding tert-OH is 1. The van der Waals surface area contributed by atoms with Crippen LogP contribution >= 0.6 is 11.8 Å². The van der Waals surface area contributed by atoms with Gasteiger partial charge < -0.3 is 9.84 Å². The van der Waals surface area contributed by atoms with E-state index in [1.807, 2.05) is 0 Å². The Morgan fingerprint density at radius 2 is 1.83 bits per heavy atom. The molecular weight excluding hydrogens is 346 g/mol. The second kappa shape index (κ2) is 5.20. The smallest absolute Gasteiger partial charge is 0.346 e. The van der Waals surface area contributed by atoms with Gasteiger partial charge in [0.1, 0.15) is 11.9 Å². The molecule has 0 spiro atoms. The molecule has 2 aliphatic carbocycles. The van der Waals surface area contributed by atoms with E-state index in [0.29, 0.717) is 4.90 Å². The van der Waals surface area contributed by atoms with Gasteiger partial charge in [0.2, 0.25) is 0 Å². The van der Waals surface area contributed by atoms with E-state index in [2.05, 4.69) is 0 Å². The zero-order valence-corrected chi connectivity index (χ0v) is 12.5. The van der Waals surface area contributed by atoms with Crippen molar-refractivity contribution in [3.05, 3.63) is 23.3 Å². The number of hydrogen-bond acceptors (Lipinski definition) is 3. The van der Waals surface area contributed by atoms with Crippen molar-refractivity contribution in [3.63, 3.8) is 0 Å². The van der Waals surface area contributed by atoms with Gasteiger partial charge in [0, 0.05) is 16.0 Å². The van der Waals surface area contributed by atoms with Crippen LogP contribution in [0.15, 0.2) is 17.0 Å². The van der Waals surface area contributed by atoms with Crippen LogP contribution in [0.1, 0.15) is 29.8 Å². The summed E-state index contributed by atoms with van der Waals surface area (Å²) in [5.74, 6) is -9.00. The third kappa shape index (κ3) is 2.23. The van der Waals surface area contributed by atoms with Gasteiger partial charge in [-0.05, 0) is 18.4 Å². The third-order valence-electron chi connectivity index (χ3n) is 4.18. The summed E-state index contributed by atoms with van der Waals surface area (Å²) in [6, 6.07) is 2.48. The molecule has 0 aliphatic heterocycles. The number of halogens is 6. The molecule has 2 nitrogen and oxygen atoms in total. The number of fused-ring (bicyclic) bond motifs is 1. The maximum Gasteiger partial charge on any atom is 0.346 e. The first kappa shape index (κ1) is 16.8. The predicted octanol–water partition coefficient (Wildman–Crippen LogP) is 4.23. The first-order valence-electron chi connectivity index (χ1n) is 6.71. The molecule has 2 aliphatic rings. The number of ether oxygens (including phenoxy) is 1. The van der Waals surface area contributed by atoms with Crippen LogP contribution in [0.5, 0.6) is 5.75 Å². The molecule has 0 radical (unpaired) electrons. The normalized spacial score (nSPS) is 33.9. The summed E-state index contributed by atoms with van der Waals surface area (Å²) in [7, 11) is 0. The molecule has 0 bridgehead atoms. The number of rotatable bonds is 3. The third-order valence-corrected chi connectivity index (χ3v) is 4.98. The molecule has 1 aromatic carbocycles. The minimum atomic E-state index is -4.38. The lowest BCUT2D eigenvalue weighted by Gasteiger charge is -2.43. The van der Waals surface area contributed by atoms with Crippen LogP contribution in [-0.4, -0.2) is 35.5 Å². The van der Waals surface area contributed by atoms with Crippen molar-refractivity contribution in [2.24, 2.45) is 0 Å². The largest absolute Gasteiger partial charge is 0.483 e. The molecule has 0 heterocycles. The lowest BCUT2D eigenvalue weighted by atomic mass is 9.85. The molecule has 1 N–H and O–H groups in total. The lowest BCUT2D eigenvalue weighted by molar-refractivity contribution is -0.324. The second-order valence-corrected chi connectivity index (χ2v) is 6.37. The Balaban J connectivity index is 1.97. The Morgan fingerprint density at radius 1 is 1.17 bits per heavy atom. The van der Waals surface area contributed by atoms with Crippen LogP contribution in [0.4, 0.5) is 26.3 Å². The Kier molecular flexibility index (Phi) is 3.79. The summed E-state index contributed by atoms with van der Waals surface area (Å²) >= 11 is 1.11. The highest BCUT2D eigenvalue weighted by Crippen LogP contribution is 2.55. The summed E-state index contributed by atoms with van der Waals surface area (Å²) in [4.78, 5) is 0.369. The highest BCUT2D eigenvalue weighted by Gasteiger charge is 2.73. The van der Waals surface area contributed by atoms with E-state index in [1.165, 1.54) is 6.07 Å².